The molecular weight excluding hydrogens is 212 g/mol. The van der Waals surface area contributed by atoms with Gasteiger partial charge in [-0.25, -0.2) is 0 Å². The average Bonchev–Trinajstić information content (AvgIpc) is 1.68. The van der Waals surface area contributed by atoms with Gasteiger partial charge in [0.05, 0.1) is 0 Å². The Labute approximate surface area is 63.2 Å². The number of rotatable bonds is 1. The van der Waals surface area contributed by atoms with Crippen molar-refractivity contribution in [2.75, 3.05) is 0 Å². The Bertz CT molecular complexity index is 127. The van der Waals surface area contributed by atoms with Crippen molar-refractivity contribution in [3.8, 4) is 0 Å². The molecule has 0 fully saturated rings. The minimum atomic E-state index is 0.855. The van der Waals surface area contributed by atoms with Crippen molar-refractivity contribution in [2.24, 2.45) is 4.99 Å². The first-order chi connectivity index (χ1) is 3.31. The second-order valence-corrected chi connectivity index (χ2v) is 2.92. The van der Waals surface area contributed by atoms with Crippen molar-refractivity contribution < 1.29 is 4.79 Å². The third-order valence-electron chi connectivity index (χ3n) is 0.440. The number of hydrogen-bond donors (Lipinski definition) is 0. The van der Waals surface area contributed by atoms with Crippen molar-refractivity contribution >= 4 is 44.9 Å². The Kier molecular flexibility index (Phi) is 4.90. The van der Waals surface area contributed by atoms with E-state index in [1.807, 2.05) is 4.94 Å². The van der Waals surface area contributed by atoms with Crippen LogP contribution in [0.5, 0.6) is 0 Å². The standard InChI is InChI=1S/C3HNO.Al.Sn.2H/c1-2-4-3-5;;;;/h1H;;;;. The van der Waals surface area contributed by atoms with Crippen molar-refractivity contribution in [3.05, 3.63) is 8.65 Å². The molecule has 0 aliphatic carbocycles. The van der Waals surface area contributed by atoms with Gasteiger partial charge in [-0.05, 0) is 0 Å². The van der Waals surface area contributed by atoms with Gasteiger partial charge in [0, 0.05) is 0 Å². The Morgan fingerprint density at radius 2 is 2.57 bits per heavy atom. The summed E-state index contributed by atoms with van der Waals surface area (Å²) >= 11 is 2.16. The van der Waals surface area contributed by atoms with E-state index in [-0.39, 0.29) is 0 Å². The molecule has 0 aliphatic rings. The van der Waals surface area contributed by atoms with Gasteiger partial charge in [-0.2, -0.15) is 0 Å². The van der Waals surface area contributed by atoms with E-state index in [4.69, 9.17) is 0 Å². The molecule has 0 atom stereocenters. The Morgan fingerprint density at radius 1 is 2.00 bits per heavy atom. The fraction of sp³-hybridized carbons (Fsp3) is 0. The van der Waals surface area contributed by atoms with Crippen LogP contribution < -0.4 is 0 Å². The van der Waals surface area contributed by atoms with Gasteiger partial charge in [-0.1, -0.05) is 0 Å². The zero-order chi connectivity index (χ0) is 5.70. The van der Waals surface area contributed by atoms with Gasteiger partial charge in [0.25, 0.3) is 0 Å². The molecule has 0 heterocycles. The van der Waals surface area contributed by atoms with Crippen LogP contribution in [0.1, 0.15) is 0 Å². The molecule has 0 unspecified atom stereocenters. The first-order valence-corrected chi connectivity index (χ1v) is 4.35. The van der Waals surface area contributed by atoms with E-state index in [1.54, 1.807) is 0 Å². The Balaban J connectivity index is 3.82. The summed E-state index contributed by atoms with van der Waals surface area (Å²) in [5.41, 5.74) is 0. The summed E-state index contributed by atoms with van der Waals surface area (Å²) < 4.78 is 0.855. The maximum atomic E-state index is 9.47. The van der Waals surface area contributed by atoms with Crippen molar-refractivity contribution in [3.63, 3.8) is 0 Å². The van der Waals surface area contributed by atoms with Gasteiger partial charge in [0.1, 0.15) is 0 Å². The SMILES string of the molecule is O=C=N/[C]([Sn])=[CH]\[AlH2]. The molecule has 7 heavy (non-hydrogen) atoms. The van der Waals surface area contributed by atoms with Crippen molar-refractivity contribution in [1.82, 2.24) is 0 Å². The van der Waals surface area contributed by atoms with Crippen LogP contribution in [0.25, 0.3) is 0 Å². The molecule has 0 saturated heterocycles. The van der Waals surface area contributed by atoms with Crippen LogP contribution >= 0.6 is 0 Å². The van der Waals surface area contributed by atoms with E-state index in [1.165, 1.54) is 28.6 Å². The summed E-state index contributed by atoms with van der Waals surface area (Å²) in [7, 11) is 0. The third kappa shape index (κ3) is 4.30. The van der Waals surface area contributed by atoms with Crippen molar-refractivity contribution in [2.45, 2.75) is 0 Å². The summed E-state index contributed by atoms with van der Waals surface area (Å²) in [5.74, 6) is 0. The van der Waals surface area contributed by atoms with Gasteiger partial charge >= 0.3 is 63.3 Å². The van der Waals surface area contributed by atoms with Gasteiger partial charge in [-0.3, -0.25) is 0 Å². The zero-order valence-corrected chi connectivity index (χ0v) is 8.79. The van der Waals surface area contributed by atoms with Gasteiger partial charge in [0.15, 0.2) is 0 Å². The third-order valence-corrected chi connectivity index (χ3v) is 3.78. The number of hydrogen-bond acceptors (Lipinski definition) is 2. The summed E-state index contributed by atoms with van der Waals surface area (Å²) in [6.07, 6.45) is 1.47. The molecule has 0 bridgehead atoms. The predicted molar refractivity (Wildman–Crippen MR) is 30.5 cm³/mol. The van der Waals surface area contributed by atoms with Gasteiger partial charge in [0.2, 0.25) is 0 Å². The molecule has 0 amide bonds. The minimum absolute atomic E-state index is 0.855. The maximum absolute atomic E-state index is 9.47. The molecule has 0 N–H and O–H groups in total. The molecule has 4 heteroatoms. The average molecular weight is 215 g/mol. The van der Waals surface area contributed by atoms with Crippen LogP contribution in [0.4, 0.5) is 0 Å². The van der Waals surface area contributed by atoms with E-state index < -0.39 is 0 Å². The topological polar surface area (TPSA) is 29.4 Å². The molecule has 0 aromatic carbocycles. The summed E-state index contributed by atoms with van der Waals surface area (Å²) in [6, 6.07) is 0. The summed E-state index contributed by atoms with van der Waals surface area (Å²) in [5, 5.41) is 0. The fourth-order valence-electron chi connectivity index (χ4n) is 0.114. The molecule has 0 aromatic rings. The van der Waals surface area contributed by atoms with E-state index in [0.29, 0.717) is 0 Å². The van der Waals surface area contributed by atoms with Gasteiger partial charge < -0.3 is 0 Å². The normalized spacial score (nSPS) is 10.1. The number of carbonyl (C=O) groups excluding carboxylic acids is 1. The molecule has 0 aliphatic heterocycles. The number of aliphatic imine (C=N–C) groups is 1. The summed E-state index contributed by atoms with van der Waals surface area (Å²) in [6.45, 7) is 0. The predicted octanol–water partition coefficient (Wildman–Crippen LogP) is -1.08. The van der Waals surface area contributed by atoms with E-state index in [0.717, 1.165) is 20.0 Å². The quantitative estimate of drug-likeness (QED) is 0.310. The first-order valence-electron chi connectivity index (χ1n) is 1.77. The van der Waals surface area contributed by atoms with E-state index >= 15 is 0 Å². The second-order valence-electron chi connectivity index (χ2n) is 0.877. The molecule has 0 aromatic heterocycles. The van der Waals surface area contributed by atoms with E-state index in [9.17, 15) is 4.79 Å². The molecule has 3 radical (unpaired) electrons. The molecule has 0 spiro atoms. The first kappa shape index (κ1) is 7.45. The van der Waals surface area contributed by atoms with Crippen LogP contribution in [0.3, 0.4) is 0 Å². The molecular formula is C3H3AlNOSn. The van der Waals surface area contributed by atoms with E-state index in [2.05, 4.69) is 4.99 Å². The molecule has 2 nitrogen and oxygen atoms in total. The van der Waals surface area contributed by atoms with Crippen LogP contribution in [0, 0.1) is 0 Å². The molecule has 33 valence electrons. The fourth-order valence-corrected chi connectivity index (χ4v) is 0.373. The number of isocyanates is 1. The van der Waals surface area contributed by atoms with Crippen LogP contribution in [-0.4, -0.2) is 44.9 Å². The zero-order valence-electron chi connectivity index (χ0n) is 3.93. The van der Waals surface area contributed by atoms with Crippen LogP contribution in [0.15, 0.2) is 13.6 Å². The van der Waals surface area contributed by atoms with Crippen LogP contribution in [-0.2, 0) is 4.79 Å². The Morgan fingerprint density at radius 3 is 2.71 bits per heavy atom. The summed E-state index contributed by atoms with van der Waals surface area (Å²) in [4.78, 5) is 14.8. The van der Waals surface area contributed by atoms with Crippen LogP contribution in [0.2, 0.25) is 0 Å². The Hall–Kier alpha value is 0.451. The van der Waals surface area contributed by atoms with Gasteiger partial charge in [-0.15, -0.1) is 0 Å². The van der Waals surface area contributed by atoms with Crippen molar-refractivity contribution in [1.29, 1.82) is 0 Å². The number of nitrogens with zero attached hydrogens (tertiary/aromatic N) is 1. The second kappa shape index (κ2) is 4.61. The monoisotopic (exact) mass is 216 g/mol. The molecule has 0 saturated carbocycles. The molecule has 0 rings (SSSR count).